The molecule has 0 fully saturated rings. The third-order valence-corrected chi connectivity index (χ3v) is 3.23. The number of aliphatic carboxylic acids is 1. The molecule has 0 radical (unpaired) electrons. The largest absolute Gasteiger partial charge is 0.481 e. The van der Waals surface area contributed by atoms with Crippen LogP contribution in [0.2, 0.25) is 0 Å². The first-order chi connectivity index (χ1) is 7.56. The summed E-state index contributed by atoms with van der Waals surface area (Å²) < 4.78 is 0. The van der Waals surface area contributed by atoms with Crippen molar-refractivity contribution in [2.24, 2.45) is 5.92 Å². The van der Waals surface area contributed by atoms with Crippen LogP contribution in [-0.4, -0.2) is 28.5 Å². The van der Waals surface area contributed by atoms with Crippen molar-refractivity contribution in [2.45, 2.75) is 20.3 Å². The maximum absolute atomic E-state index is 11.6. The first-order valence-corrected chi connectivity index (χ1v) is 5.85. The molecule has 0 aliphatic carbocycles. The SMILES string of the molecule is CCC(CNC(=O)c1scnc1C)C(=O)O. The van der Waals surface area contributed by atoms with E-state index >= 15 is 0 Å². The summed E-state index contributed by atoms with van der Waals surface area (Å²) >= 11 is 1.25. The molecule has 0 aliphatic heterocycles. The molecule has 0 aliphatic rings. The molecule has 0 saturated heterocycles. The lowest BCUT2D eigenvalue weighted by Crippen LogP contribution is -2.32. The van der Waals surface area contributed by atoms with E-state index in [0.717, 1.165) is 0 Å². The van der Waals surface area contributed by atoms with Gasteiger partial charge in [-0.2, -0.15) is 0 Å². The van der Waals surface area contributed by atoms with Crippen molar-refractivity contribution >= 4 is 23.2 Å². The van der Waals surface area contributed by atoms with Crippen molar-refractivity contribution in [1.82, 2.24) is 10.3 Å². The molecule has 1 rings (SSSR count). The quantitative estimate of drug-likeness (QED) is 0.815. The van der Waals surface area contributed by atoms with Gasteiger partial charge in [0.25, 0.3) is 5.91 Å². The van der Waals surface area contributed by atoms with Gasteiger partial charge in [0.2, 0.25) is 0 Å². The van der Waals surface area contributed by atoms with Gasteiger partial charge in [0.15, 0.2) is 0 Å². The minimum absolute atomic E-state index is 0.155. The van der Waals surface area contributed by atoms with Gasteiger partial charge in [-0.05, 0) is 13.3 Å². The molecule has 6 heteroatoms. The van der Waals surface area contributed by atoms with Crippen LogP contribution >= 0.6 is 11.3 Å². The Morgan fingerprint density at radius 1 is 1.62 bits per heavy atom. The number of nitrogens with one attached hydrogen (secondary N) is 1. The Morgan fingerprint density at radius 2 is 2.31 bits per heavy atom. The zero-order valence-corrected chi connectivity index (χ0v) is 10.0. The second-order valence-corrected chi connectivity index (χ2v) is 4.28. The predicted molar refractivity (Wildman–Crippen MR) is 60.6 cm³/mol. The monoisotopic (exact) mass is 242 g/mol. The summed E-state index contributed by atoms with van der Waals surface area (Å²) in [4.78, 5) is 26.9. The summed E-state index contributed by atoms with van der Waals surface area (Å²) in [5.41, 5.74) is 2.27. The lowest BCUT2D eigenvalue weighted by Gasteiger charge is -2.10. The highest BCUT2D eigenvalue weighted by Crippen LogP contribution is 2.11. The van der Waals surface area contributed by atoms with Gasteiger partial charge < -0.3 is 10.4 Å². The van der Waals surface area contributed by atoms with Gasteiger partial charge in [0, 0.05) is 6.54 Å². The molecule has 88 valence electrons. The molecule has 1 aromatic rings. The van der Waals surface area contributed by atoms with Crippen LogP contribution in [0.15, 0.2) is 5.51 Å². The maximum Gasteiger partial charge on any atom is 0.308 e. The van der Waals surface area contributed by atoms with Crippen LogP contribution in [0.4, 0.5) is 0 Å². The van der Waals surface area contributed by atoms with Crippen molar-refractivity contribution in [2.75, 3.05) is 6.54 Å². The molecule has 0 saturated carbocycles. The Kier molecular flexibility index (Phi) is 4.42. The minimum atomic E-state index is -0.885. The zero-order valence-electron chi connectivity index (χ0n) is 9.19. The number of aryl methyl sites for hydroxylation is 1. The molecule has 2 N–H and O–H groups in total. The van der Waals surface area contributed by atoms with Gasteiger partial charge in [-0.15, -0.1) is 11.3 Å². The van der Waals surface area contributed by atoms with Gasteiger partial charge in [-0.25, -0.2) is 4.98 Å². The molecular formula is C10H14N2O3S. The Bertz CT molecular complexity index is 389. The molecule has 0 aromatic carbocycles. The number of carboxylic acid groups (broad SMARTS) is 1. The molecule has 0 bridgehead atoms. The first-order valence-electron chi connectivity index (χ1n) is 4.97. The van der Waals surface area contributed by atoms with Gasteiger partial charge in [0.1, 0.15) is 4.88 Å². The lowest BCUT2D eigenvalue weighted by atomic mass is 10.1. The second-order valence-electron chi connectivity index (χ2n) is 3.42. The Morgan fingerprint density at radius 3 is 2.75 bits per heavy atom. The van der Waals surface area contributed by atoms with Crippen LogP contribution in [-0.2, 0) is 4.79 Å². The molecule has 1 unspecified atom stereocenters. The molecule has 1 aromatic heterocycles. The van der Waals surface area contributed by atoms with E-state index in [1.54, 1.807) is 19.4 Å². The van der Waals surface area contributed by atoms with Gasteiger partial charge >= 0.3 is 5.97 Å². The molecule has 1 amide bonds. The number of carbonyl (C=O) groups excluding carboxylic acids is 1. The highest BCUT2D eigenvalue weighted by molar-refractivity contribution is 7.11. The number of aromatic nitrogens is 1. The minimum Gasteiger partial charge on any atom is -0.481 e. The maximum atomic E-state index is 11.6. The zero-order chi connectivity index (χ0) is 12.1. The number of hydrogen-bond acceptors (Lipinski definition) is 4. The summed E-state index contributed by atoms with van der Waals surface area (Å²) in [6.07, 6.45) is 0.497. The van der Waals surface area contributed by atoms with Crippen LogP contribution in [0, 0.1) is 12.8 Å². The standard InChI is InChI=1S/C10H14N2O3S/c1-3-7(10(14)15)4-11-9(13)8-6(2)12-5-16-8/h5,7H,3-4H2,1-2H3,(H,11,13)(H,14,15). The predicted octanol–water partition coefficient (Wildman–Crippen LogP) is 1.29. The van der Waals surface area contributed by atoms with Crippen molar-refractivity contribution in [1.29, 1.82) is 0 Å². The number of thiazole rings is 1. The molecule has 0 spiro atoms. The third kappa shape index (κ3) is 3.03. The van der Waals surface area contributed by atoms with E-state index in [9.17, 15) is 9.59 Å². The lowest BCUT2D eigenvalue weighted by molar-refractivity contribution is -0.141. The van der Waals surface area contributed by atoms with E-state index in [-0.39, 0.29) is 12.5 Å². The summed E-state index contributed by atoms with van der Waals surface area (Å²) in [7, 11) is 0. The highest BCUT2D eigenvalue weighted by Gasteiger charge is 2.17. The number of carbonyl (C=O) groups is 2. The molecule has 1 heterocycles. The number of amides is 1. The van der Waals surface area contributed by atoms with Crippen LogP contribution in [0.3, 0.4) is 0 Å². The Balaban J connectivity index is 2.53. The number of hydrogen-bond donors (Lipinski definition) is 2. The Labute approximate surface area is 97.5 Å². The average molecular weight is 242 g/mol. The first kappa shape index (κ1) is 12.6. The summed E-state index contributed by atoms with van der Waals surface area (Å²) in [6.45, 7) is 3.69. The van der Waals surface area contributed by atoms with Gasteiger partial charge in [0.05, 0.1) is 17.1 Å². The third-order valence-electron chi connectivity index (χ3n) is 2.30. The summed E-state index contributed by atoms with van der Waals surface area (Å²) in [5.74, 6) is -1.67. The number of nitrogens with zero attached hydrogens (tertiary/aromatic N) is 1. The molecule has 5 nitrogen and oxygen atoms in total. The van der Waals surface area contributed by atoms with E-state index in [2.05, 4.69) is 10.3 Å². The smallest absolute Gasteiger partial charge is 0.308 e. The van der Waals surface area contributed by atoms with E-state index in [1.807, 2.05) is 0 Å². The van der Waals surface area contributed by atoms with Gasteiger partial charge in [-0.1, -0.05) is 6.92 Å². The van der Waals surface area contributed by atoms with E-state index < -0.39 is 11.9 Å². The fourth-order valence-electron chi connectivity index (χ4n) is 1.22. The number of carboxylic acids is 1. The topological polar surface area (TPSA) is 79.3 Å². The van der Waals surface area contributed by atoms with Crippen molar-refractivity contribution in [3.05, 3.63) is 16.1 Å². The Hall–Kier alpha value is -1.43. The fraction of sp³-hybridized carbons (Fsp3) is 0.500. The van der Waals surface area contributed by atoms with Crippen LogP contribution in [0.5, 0.6) is 0 Å². The number of rotatable bonds is 5. The molecular weight excluding hydrogens is 228 g/mol. The van der Waals surface area contributed by atoms with Crippen molar-refractivity contribution in [3.63, 3.8) is 0 Å². The van der Waals surface area contributed by atoms with Crippen LogP contribution < -0.4 is 5.32 Å². The second kappa shape index (κ2) is 5.60. The van der Waals surface area contributed by atoms with E-state index in [4.69, 9.17) is 5.11 Å². The van der Waals surface area contributed by atoms with E-state index in [0.29, 0.717) is 17.0 Å². The van der Waals surface area contributed by atoms with Crippen LogP contribution in [0.1, 0.15) is 28.7 Å². The summed E-state index contributed by atoms with van der Waals surface area (Å²) in [6, 6.07) is 0. The summed E-state index contributed by atoms with van der Waals surface area (Å²) in [5, 5.41) is 11.4. The highest BCUT2D eigenvalue weighted by atomic mass is 32.1. The average Bonchev–Trinajstić information content (AvgIpc) is 2.64. The fourth-order valence-corrected chi connectivity index (χ4v) is 1.94. The molecule has 1 atom stereocenters. The normalized spacial score (nSPS) is 12.1. The van der Waals surface area contributed by atoms with Crippen molar-refractivity contribution < 1.29 is 14.7 Å². The van der Waals surface area contributed by atoms with Gasteiger partial charge in [-0.3, -0.25) is 9.59 Å². The van der Waals surface area contributed by atoms with E-state index in [1.165, 1.54) is 11.3 Å². The van der Waals surface area contributed by atoms with Crippen LogP contribution in [0.25, 0.3) is 0 Å². The van der Waals surface area contributed by atoms with Crippen molar-refractivity contribution in [3.8, 4) is 0 Å². The molecule has 16 heavy (non-hydrogen) atoms.